The summed E-state index contributed by atoms with van der Waals surface area (Å²) in [5.74, 6) is 0. The number of furan rings is 1. The summed E-state index contributed by atoms with van der Waals surface area (Å²) in [5, 5.41) is 2.31. The number of benzene rings is 7. The Morgan fingerprint density at radius 2 is 0.859 bits per heavy atom. The molecular weight excluding hydrogens is 860 g/mol. The van der Waals surface area contributed by atoms with Crippen molar-refractivity contribution in [2.24, 2.45) is 0 Å². The molecule has 0 amide bonds. The van der Waals surface area contributed by atoms with E-state index in [9.17, 15) is 0 Å². The zero-order chi connectivity index (χ0) is 49.5. The number of hydrogen-bond acceptors (Lipinski definition) is 3. The maximum Gasteiger partial charge on any atom is 0.252 e. The summed E-state index contributed by atoms with van der Waals surface area (Å²) in [4.78, 5) is 5.35. The van der Waals surface area contributed by atoms with Crippen LogP contribution >= 0.6 is 0 Å². The first-order valence-corrected chi connectivity index (χ1v) is 26.8. The van der Waals surface area contributed by atoms with Gasteiger partial charge in [-0.25, -0.2) is 0 Å². The van der Waals surface area contributed by atoms with Gasteiger partial charge in [0.05, 0.1) is 0 Å². The van der Waals surface area contributed by atoms with Gasteiger partial charge in [-0.2, -0.15) is 0 Å². The van der Waals surface area contributed by atoms with Crippen molar-refractivity contribution in [3.63, 3.8) is 0 Å². The highest BCUT2D eigenvalue weighted by molar-refractivity contribution is 7.00. The number of fused-ring (bicyclic) bond motifs is 10. The Hall–Kier alpha value is -6.00. The number of aryl methyl sites for hydroxylation is 1. The molecule has 358 valence electrons. The van der Waals surface area contributed by atoms with Crippen LogP contribution in [0.3, 0.4) is 0 Å². The fourth-order valence-corrected chi connectivity index (χ4v) is 14.3. The number of rotatable bonds is 3. The average Bonchev–Trinajstić information content (AvgIpc) is 3.72. The summed E-state index contributed by atoms with van der Waals surface area (Å²) < 4.78 is 6.59. The maximum atomic E-state index is 6.59. The van der Waals surface area contributed by atoms with Crippen LogP contribution in [-0.2, 0) is 32.5 Å². The Kier molecular flexibility index (Phi) is 9.22. The van der Waals surface area contributed by atoms with Crippen LogP contribution in [0, 0.1) is 6.92 Å². The third-order valence-corrected chi connectivity index (χ3v) is 19.1. The first-order valence-electron chi connectivity index (χ1n) is 26.8. The molecule has 2 aliphatic heterocycles. The molecule has 71 heavy (non-hydrogen) atoms. The molecule has 0 fully saturated rings. The molecule has 0 saturated heterocycles. The van der Waals surface area contributed by atoms with E-state index in [0.29, 0.717) is 0 Å². The normalized spacial score (nSPS) is 20.2. The SMILES string of the molecule is Cc1cc2c3c(c1)N(c1ccc4c(c1)C(C)(C)CCC4(C)C)c1cc4c(cc1B3c1cc3c(cc1N2c1ccc(-c2cccc5c2oc2ccccc25)cc1)C(C)(C)CCC3(C)C)C(C)(C)CCC4(C)C. The summed E-state index contributed by atoms with van der Waals surface area (Å²) >= 11 is 0. The van der Waals surface area contributed by atoms with Crippen LogP contribution in [0.2, 0.25) is 0 Å². The highest BCUT2D eigenvalue weighted by atomic mass is 16.3. The molecule has 3 aliphatic carbocycles. The van der Waals surface area contributed by atoms with E-state index in [2.05, 4.69) is 221 Å². The summed E-state index contributed by atoms with van der Waals surface area (Å²) in [6.07, 6.45) is 7.08. The van der Waals surface area contributed by atoms with Crippen molar-refractivity contribution in [1.82, 2.24) is 0 Å². The molecule has 8 aromatic rings. The van der Waals surface area contributed by atoms with Gasteiger partial charge in [0, 0.05) is 50.5 Å². The predicted molar refractivity (Wildman–Crippen MR) is 304 cm³/mol. The Morgan fingerprint density at radius 1 is 0.408 bits per heavy atom. The standard InChI is InChI=1S/C67H71BN2O/c1-40-33-57-60-58(34-40)70(43-25-26-47-48(35-43)63(4,5)28-27-62(47,2)3)56-39-52-50(65(8,9)30-32-67(52,12)13)37-54(56)68(60)53-36-49-51(66(10,11)31-29-64(49,6)7)38-55(53)69(57)42-23-21-41(22-24-42)44-18-16-19-46-45-17-14-15-20-59(45)71-61(44)46/h14-26,33-39H,27-32H2,1-13H3. The monoisotopic (exact) mass is 931 g/mol. The van der Waals surface area contributed by atoms with Crippen LogP contribution in [0.5, 0.6) is 0 Å². The number of anilines is 6. The maximum absolute atomic E-state index is 6.59. The molecule has 13 rings (SSSR count). The fourth-order valence-electron chi connectivity index (χ4n) is 14.3. The summed E-state index contributed by atoms with van der Waals surface area (Å²) in [5.41, 5.74) is 26.8. The second-order valence-electron chi connectivity index (χ2n) is 26.6. The summed E-state index contributed by atoms with van der Waals surface area (Å²) in [6, 6.07) is 47.7. The first-order chi connectivity index (χ1) is 33.5. The highest BCUT2D eigenvalue weighted by Crippen LogP contribution is 2.54. The second kappa shape index (κ2) is 14.6. The van der Waals surface area contributed by atoms with Gasteiger partial charge in [-0.05, 0) is 193 Å². The lowest BCUT2D eigenvalue weighted by atomic mass is 9.32. The smallest absolute Gasteiger partial charge is 0.252 e. The molecule has 0 unspecified atom stereocenters. The Labute approximate surface area is 423 Å². The zero-order valence-corrected chi connectivity index (χ0v) is 44.7. The van der Waals surface area contributed by atoms with Crippen LogP contribution in [0.4, 0.5) is 34.1 Å². The minimum Gasteiger partial charge on any atom is -0.455 e. The van der Waals surface area contributed by atoms with Crippen molar-refractivity contribution < 1.29 is 4.42 Å². The van der Waals surface area contributed by atoms with Gasteiger partial charge >= 0.3 is 0 Å². The lowest BCUT2D eigenvalue weighted by Gasteiger charge is -2.49. The fraction of sp³-hybridized carbons (Fsp3) is 0.373. The van der Waals surface area contributed by atoms with Crippen molar-refractivity contribution in [2.45, 2.75) is 161 Å². The number of nitrogens with zero attached hydrogens (tertiary/aromatic N) is 2. The molecule has 5 aliphatic rings. The molecular formula is C67H71BN2O. The first kappa shape index (κ1) is 44.9. The molecule has 3 nitrogen and oxygen atoms in total. The van der Waals surface area contributed by atoms with Gasteiger partial charge in [0.1, 0.15) is 11.2 Å². The predicted octanol–water partition coefficient (Wildman–Crippen LogP) is 16.7. The molecule has 0 bridgehead atoms. The van der Waals surface area contributed by atoms with Crippen molar-refractivity contribution in [3.05, 3.63) is 160 Å². The molecule has 7 aromatic carbocycles. The highest BCUT2D eigenvalue weighted by Gasteiger charge is 2.49. The van der Waals surface area contributed by atoms with Gasteiger partial charge in [0.2, 0.25) is 0 Å². The van der Waals surface area contributed by atoms with Gasteiger partial charge in [0.15, 0.2) is 0 Å². The lowest BCUT2D eigenvalue weighted by Crippen LogP contribution is -2.62. The molecule has 0 N–H and O–H groups in total. The van der Waals surface area contributed by atoms with E-state index in [0.717, 1.165) is 33.1 Å². The zero-order valence-electron chi connectivity index (χ0n) is 44.7. The third-order valence-electron chi connectivity index (χ3n) is 19.1. The van der Waals surface area contributed by atoms with E-state index < -0.39 is 0 Å². The molecule has 1 aromatic heterocycles. The van der Waals surface area contributed by atoms with Crippen LogP contribution < -0.4 is 26.2 Å². The summed E-state index contributed by atoms with van der Waals surface area (Å²) in [6.45, 7) is 32.2. The minimum absolute atomic E-state index is 0.0451. The van der Waals surface area contributed by atoms with E-state index in [1.54, 1.807) is 0 Å². The number of para-hydroxylation sites is 2. The van der Waals surface area contributed by atoms with Gasteiger partial charge < -0.3 is 14.2 Å². The van der Waals surface area contributed by atoms with E-state index >= 15 is 0 Å². The Balaban J connectivity index is 1.10. The van der Waals surface area contributed by atoms with E-state index in [1.807, 2.05) is 0 Å². The van der Waals surface area contributed by atoms with Crippen molar-refractivity contribution in [3.8, 4) is 11.1 Å². The lowest BCUT2D eigenvalue weighted by molar-refractivity contribution is 0.332. The van der Waals surface area contributed by atoms with Gasteiger partial charge in [-0.15, -0.1) is 0 Å². The molecule has 0 radical (unpaired) electrons. The van der Waals surface area contributed by atoms with Crippen LogP contribution in [0.25, 0.3) is 33.1 Å². The topological polar surface area (TPSA) is 19.6 Å². The van der Waals surface area contributed by atoms with E-state index in [1.165, 1.54) is 128 Å². The molecule has 0 atom stereocenters. The molecule has 4 heteroatoms. The van der Waals surface area contributed by atoms with Gasteiger partial charge in [-0.3, -0.25) is 0 Å². The van der Waals surface area contributed by atoms with Crippen molar-refractivity contribution >= 4 is 79.2 Å². The van der Waals surface area contributed by atoms with Crippen molar-refractivity contribution in [1.29, 1.82) is 0 Å². The average molecular weight is 931 g/mol. The second-order valence-corrected chi connectivity index (χ2v) is 26.6. The Morgan fingerprint density at radius 3 is 1.41 bits per heavy atom. The van der Waals surface area contributed by atoms with Crippen LogP contribution in [0.1, 0.15) is 161 Å². The summed E-state index contributed by atoms with van der Waals surface area (Å²) in [7, 11) is 0. The molecule has 0 saturated carbocycles. The van der Waals surface area contributed by atoms with Gasteiger partial charge in [-0.1, -0.05) is 150 Å². The number of hydrogen-bond donors (Lipinski definition) is 0. The quantitative estimate of drug-likeness (QED) is 0.165. The Bertz CT molecular complexity index is 3580. The van der Waals surface area contributed by atoms with Crippen molar-refractivity contribution in [2.75, 3.05) is 9.80 Å². The largest absolute Gasteiger partial charge is 0.455 e. The van der Waals surface area contributed by atoms with E-state index in [4.69, 9.17) is 4.42 Å². The van der Waals surface area contributed by atoms with Gasteiger partial charge in [0.25, 0.3) is 6.71 Å². The minimum atomic E-state index is 0.0451. The van der Waals surface area contributed by atoms with Crippen LogP contribution in [0.15, 0.2) is 126 Å². The third kappa shape index (κ3) is 6.47. The van der Waals surface area contributed by atoms with E-state index in [-0.39, 0.29) is 39.2 Å². The van der Waals surface area contributed by atoms with Crippen LogP contribution in [-0.4, -0.2) is 6.71 Å². The molecule has 3 heterocycles. The molecule has 0 spiro atoms.